The minimum Gasteiger partial charge on any atom is -0.239 e. The molecule has 0 unspecified atom stereocenters. The Kier molecular flexibility index (Phi) is 2.59. The number of nitrogens with zero attached hydrogens (tertiary/aromatic N) is 2. The van der Waals surface area contributed by atoms with Crippen LogP contribution in [0.3, 0.4) is 0 Å². The second kappa shape index (κ2) is 4.16. The van der Waals surface area contributed by atoms with E-state index in [4.69, 9.17) is 0 Å². The predicted molar refractivity (Wildman–Crippen MR) is 70.5 cm³/mol. The zero-order valence-corrected chi connectivity index (χ0v) is 10.6. The van der Waals surface area contributed by atoms with Gasteiger partial charge in [-0.25, -0.2) is 13.5 Å². The number of hydrogen-bond acceptors (Lipinski definition) is 1. The van der Waals surface area contributed by atoms with Crippen LogP contribution in [0.1, 0.15) is 11.1 Å². The van der Waals surface area contributed by atoms with Crippen molar-refractivity contribution in [1.82, 2.24) is 9.78 Å². The van der Waals surface area contributed by atoms with Gasteiger partial charge in [0, 0.05) is 6.20 Å². The van der Waals surface area contributed by atoms with Crippen molar-refractivity contribution in [3.8, 4) is 5.69 Å². The summed E-state index contributed by atoms with van der Waals surface area (Å²) >= 11 is 0. The molecule has 0 radical (unpaired) electrons. The first-order valence-corrected chi connectivity index (χ1v) is 5.97. The summed E-state index contributed by atoms with van der Waals surface area (Å²) in [4.78, 5) is 0. The fourth-order valence-electron chi connectivity index (χ4n) is 2.16. The standard InChI is InChI=1S/C15H12F2N2/c1-9-3-5-11(16)7-14(9)19-8-12-13(17)6-4-10(2)15(12)18-19/h3-8H,1-2H3. The van der Waals surface area contributed by atoms with Crippen LogP contribution >= 0.6 is 0 Å². The number of fused-ring (bicyclic) bond motifs is 1. The first-order valence-electron chi connectivity index (χ1n) is 5.97. The van der Waals surface area contributed by atoms with Crippen LogP contribution in [0.5, 0.6) is 0 Å². The average molecular weight is 258 g/mol. The lowest BCUT2D eigenvalue weighted by atomic mass is 10.1. The van der Waals surface area contributed by atoms with Gasteiger partial charge in [0.15, 0.2) is 0 Å². The summed E-state index contributed by atoms with van der Waals surface area (Å²) in [6.07, 6.45) is 1.60. The van der Waals surface area contributed by atoms with Gasteiger partial charge in [0.25, 0.3) is 0 Å². The van der Waals surface area contributed by atoms with E-state index >= 15 is 0 Å². The lowest BCUT2D eigenvalue weighted by Crippen LogP contribution is -1.98. The molecule has 96 valence electrons. The summed E-state index contributed by atoms with van der Waals surface area (Å²) in [5.74, 6) is -0.654. The van der Waals surface area contributed by atoms with Crippen LogP contribution in [0.2, 0.25) is 0 Å². The number of halogens is 2. The molecule has 3 rings (SSSR count). The Balaban J connectivity index is 2.29. The fraction of sp³-hybridized carbons (Fsp3) is 0.133. The Hall–Kier alpha value is -2.23. The highest BCUT2D eigenvalue weighted by molar-refractivity contribution is 5.82. The van der Waals surface area contributed by atoms with Crippen molar-refractivity contribution >= 4 is 10.9 Å². The molecule has 0 aliphatic rings. The molecular formula is C15H12F2N2. The van der Waals surface area contributed by atoms with E-state index in [-0.39, 0.29) is 11.6 Å². The quantitative estimate of drug-likeness (QED) is 0.647. The average Bonchev–Trinajstić information content (AvgIpc) is 2.83. The van der Waals surface area contributed by atoms with Crippen LogP contribution < -0.4 is 0 Å². The van der Waals surface area contributed by atoms with E-state index in [0.717, 1.165) is 11.1 Å². The molecule has 0 saturated heterocycles. The van der Waals surface area contributed by atoms with Gasteiger partial charge in [-0.15, -0.1) is 0 Å². The molecule has 19 heavy (non-hydrogen) atoms. The Bertz CT molecular complexity index is 736. The highest BCUT2D eigenvalue weighted by Crippen LogP contribution is 2.23. The van der Waals surface area contributed by atoms with Gasteiger partial charge in [0.05, 0.1) is 16.6 Å². The van der Waals surface area contributed by atoms with Gasteiger partial charge >= 0.3 is 0 Å². The Morgan fingerprint density at radius 2 is 1.74 bits per heavy atom. The Morgan fingerprint density at radius 1 is 1.00 bits per heavy atom. The molecule has 0 fully saturated rings. The van der Waals surface area contributed by atoms with Gasteiger partial charge in [0.2, 0.25) is 0 Å². The van der Waals surface area contributed by atoms with Crippen molar-refractivity contribution in [2.45, 2.75) is 13.8 Å². The van der Waals surface area contributed by atoms with Crippen LogP contribution in [0.15, 0.2) is 36.5 Å². The zero-order chi connectivity index (χ0) is 13.6. The van der Waals surface area contributed by atoms with Gasteiger partial charge < -0.3 is 0 Å². The SMILES string of the molecule is Cc1ccc(F)cc1-n1cc2c(F)ccc(C)c2n1. The highest BCUT2D eigenvalue weighted by Gasteiger charge is 2.11. The van der Waals surface area contributed by atoms with E-state index < -0.39 is 0 Å². The maximum absolute atomic E-state index is 13.7. The lowest BCUT2D eigenvalue weighted by molar-refractivity contribution is 0.625. The molecule has 0 aliphatic carbocycles. The van der Waals surface area contributed by atoms with Gasteiger partial charge in [-0.2, -0.15) is 5.10 Å². The van der Waals surface area contributed by atoms with Gasteiger partial charge in [-0.05, 0) is 43.2 Å². The molecule has 2 aromatic carbocycles. The van der Waals surface area contributed by atoms with Crippen LogP contribution in [-0.4, -0.2) is 9.78 Å². The minimum absolute atomic E-state index is 0.319. The Labute approximate surface area is 109 Å². The van der Waals surface area contributed by atoms with E-state index in [1.807, 2.05) is 13.8 Å². The summed E-state index contributed by atoms with van der Waals surface area (Å²) in [5.41, 5.74) is 3.00. The molecule has 1 heterocycles. The van der Waals surface area contributed by atoms with Crippen molar-refractivity contribution in [3.63, 3.8) is 0 Å². The van der Waals surface area contributed by atoms with Crippen LogP contribution in [0.4, 0.5) is 8.78 Å². The molecule has 0 N–H and O–H groups in total. The maximum atomic E-state index is 13.7. The summed E-state index contributed by atoms with van der Waals surface area (Å²) in [5, 5.41) is 4.80. The summed E-state index contributed by atoms with van der Waals surface area (Å²) in [6.45, 7) is 3.74. The smallest absolute Gasteiger partial charge is 0.134 e. The largest absolute Gasteiger partial charge is 0.239 e. The number of hydrogen-bond donors (Lipinski definition) is 0. The third-order valence-electron chi connectivity index (χ3n) is 3.24. The van der Waals surface area contributed by atoms with Crippen molar-refractivity contribution in [1.29, 1.82) is 0 Å². The third-order valence-corrected chi connectivity index (χ3v) is 3.24. The summed E-state index contributed by atoms with van der Waals surface area (Å²) in [6, 6.07) is 7.58. The molecule has 0 amide bonds. The second-order valence-electron chi connectivity index (χ2n) is 4.63. The topological polar surface area (TPSA) is 17.8 Å². The highest BCUT2D eigenvalue weighted by atomic mass is 19.1. The molecule has 0 aliphatic heterocycles. The van der Waals surface area contributed by atoms with Crippen molar-refractivity contribution in [2.75, 3.05) is 0 Å². The number of aromatic nitrogens is 2. The van der Waals surface area contributed by atoms with Crippen LogP contribution in [0, 0.1) is 25.5 Å². The van der Waals surface area contributed by atoms with Crippen LogP contribution in [0.25, 0.3) is 16.6 Å². The molecule has 3 aromatic rings. The lowest BCUT2D eigenvalue weighted by Gasteiger charge is -2.05. The van der Waals surface area contributed by atoms with E-state index in [1.54, 1.807) is 18.3 Å². The first kappa shape index (κ1) is 11.8. The molecule has 4 heteroatoms. The minimum atomic E-state index is -0.336. The van der Waals surface area contributed by atoms with E-state index in [0.29, 0.717) is 16.6 Å². The maximum Gasteiger partial charge on any atom is 0.134 e. The van der Waals surface area contributed by atoms with Crippen molar-refractivity contribution < 1.29 is 8.78 Å². The van der Waals surface area contributed by atoms with Gasteiger partial charge in [0.1, 0.15) is 11.6 Å². The number of aryl methyl sites for hydroxylation is 2. The molecule has 0 saturated carbocycles. The zero-order valence-electron chi connectivity index (χ0n) is 10.6. The molecule has 0 spiro atoms. The number of rotatable bonds is 1. The van der Waals surface area contributed by atoms with Crippen molar-refractivity contribution in [3.05, 3.63) is 59.3 Å². The van der Waals surface area contributed by atoms with Gasteiger partial charge in [-0.1, -0.05) is 12.1 Å². The molecule has 0 atom stereocenters. The Morgan fingerprint density at radius 3 is 2.47 bits per heavy atom. The van der Waals surface area contributed by atoms with Crippen LogP contribution in [-0.2, 0) is 0 Å². The monoisotopic (exact) mass is 258 g/mol. The third kappa shape index (κ3) is 1.89. The second-order valence-corrected chi connectivity index (χ2v) is 4.63. The predicted octanol–water partition coefficient (Wildman–Crippen LogP) is 3.92. The summed E-state index contributed by atoms with van der Waals surface area (Å²) < 4.78 is 28.6. The summed E-state index contributed by atoms with van der Waals surface area (Å²) in [7, 11) is 0. The van der Waals surface area contributed by atoms with Crippen molar-refractivity contribution in [2.24, 2.45) is 0 Å². The molecule has 2 nitrogen and oxygen atoms in total. The fourth-order valence-corrected chi connectivity index (χ4v) is 2.16. The first-order chi connectivity index (χ1) is 9.06. The van der Waals surface area contributed by atoms with E-state index in [1.165, 1.54) is 22.9 Å². The molecule has 0 bridgehead atoms. The normalized spacial score (nSPS) is 11.2. The molecular weight excluding hydrogens is 246 g/mol. The van der Waals surface area contributed by atoms with Gasteiger partial charge in [-0.3, -0.25) is 0 Å². The van der Waals surface area contributed by atoms with E-state index in [2.05, 4.69) is 5.10 Å². The number of benzene rings is 2. The van der Waals surface area contributed by atoms with E-state index in [9.17, 15) is 8.78 Å². The molecule has 1 aromatic heterocycles.